The third-order valence-corrected chi connectivity index (χ3v) is 11.4. The van der Waals surface area contributed by atoms with E-state index in [1.165, 1.54) is 25.7 Å². The van der Waals surface area contributed by atoms with E-state index in [0.29, 0.717) is 29.1 Å². The number of hydrogen-bond donors (Lipinski definition) is 0. The summed E-state index contributed by atoms with van der Waals surface area (Å²) in [5.74, 6) is 2.88. The molecule has 0 aromatic carbocycles. The van der Waals surface area contributed by atoms with Crippen LogP contribution in [0, 0.1) is 46.3 Å². The second-order valence-corrected chi connectivity index (χ2v) is 13.1. The first-order chi connectivity index (χ1) is 15.5. The zero-order valence-corrected chi connectivity index (χ0v) is 22.4. The zero-order chi connectivity index (χ0) is 23.8. The Morgan fingerprint density at radius 2 is 1.55 bits per heavy atom. The Morgan fingerprint density at radius 3 is 2.21 bits per heavy atom. The van der Waals surface area contributed by atoms with Gasteiger partial charge in [0.25, 0.3) is 0 Å². The van der Waals surface area contributed by atoms with Gasteiger partial charge in [0.05, 0.1) is 12.2 Å². The Balaban J connectivity index is 1.51. The predicted molar refractivity (Wildman–Crippen MR) is 131 cm³/mol. The van der Waals surface area contributed by atoms with Crippen molar-refractivity contribution in [2.75, 3.05) is 14.2 Å². The Labute approximate surface area is 202 Å². The SMILES string of the molecule is C/C=C/C(C)C1CCC2C3CC(OC)(OC)C4C[C@@H]5OC(C)(C)OC5C[C@]4(C)C3CC[C@]12C. The van der Waals surface area contributed by atoms with Crippen molar-refractivity contribution in [1.82, 2.24) is 0 Å². The molecule has 33 heavy (non-hydrogen) atoms. The second kappa shape index (κ2) is 8.05. The van der Waals surface area contributed by atoms with E-state index >= 15 is 0 Å². The lowest BCUT2D eigenvalue weighted by atomic mass is 9.42. The number of allylic oxidation sites excluding steroid dienone is 2. The van der Waals surface area contributed by atoms with Gasteiger partial charge in [-0.1, -0.05) is 32.9 Å². The van der Waals surface area contributed by atoms with Crippen LogP contribution in [0.2, 0.25) is 0 Å². The molecule has 4 heteroatoms. The molecule has 0 aromatic rings. The van der Waals surface area contributed by atoms with E-state index in [2.05, 4.69) is 53.7 Å². The minimum atomic E-state index is -0.526. The highest BCUT2D eigenvalue weighted by Crippen LogP contribution is 2.71. The van der Waals surface area contributed by atoms with Crippen LogP contribution >= 0.6 is 0 Å². The van der Waals surface area contributed by atoms with Gasteiger partial charge < -0.3 is 18.9 Å². The van der Waals surface area contributed by atoms with E-state index < -0.39 is 11.6 Å². The van der Waals surface area contributed by atoms with E-state index in [0.717, 1.165) is 31.1 Å². The molecule has 0 bridgehead atoms. The van der Waals surface area contributed by atoms with E-state index in [4.69, 9.17) is 18.9 Å². The van der Waals surface area contributed by atoms with Crippen molar-refractivity contribution < 1.29 is 18.9 Å². The fraction of sp³-hybridized carbons (Fsp3) is 0.931. The quantitative estimate of drug-likeness (QED) is 0.350. The Morgan fingerprint density at radius 1 is 0.879 bits per heavy atom. The maximum absolute atomic E-state index is 6.45. The number of fused-ring (bicyclic) bond motifs is 6. The molecule has 1 heterocycles. The van der Waals surface area contributed by atoms with Crippen LogP contribution in [0.25, 0.3) is 0 Å². The van der Waals surface area contributed by atoms with Crippen molar-refractivity contribution in [3.63, 3.8) is 0 Å². The number of hydrogen-bond acceptors (Lipinski definition) is 4. The van der Waals surface area contributed by atoms with Gasteiger partial charge in [0, 0.05) is 26.6 Å². The van der Waals surface area contributed by atoms with Crippen LogP contribution in [0.4, 0.5) is 0 Å². The molecular weight excluding hydrogens is 412 g/mol. The Bertz CT molecular complexity index is 772. The molecule has 1 aliphatic heterocycles. The first kappa shape index (κ1) is 24.3. The van der Waals surface area contributed by atoms with Crippen molar-refractivity contribution in [2.45, 2.75) is 110 Å². The third kappa shape index (κ3) is 3.44. The van der Waals surface area contributed by atoms with Gasteiger partial charge in [-0.25, -0.2) is 0 Å². The lowest BCUT2D eigenvalue weighted by molar-refractivity contribution is -0.325. The van der Waals surface area contributed by atoms with Crippen LogP contribution in [-0.4, -0.2) is 38.0 Å². The largest absolute Gasteiger partial charge is 0.353 e. The molecule has 188 valence electrons. The lowest BCUT2D eigenvalue weighted by Crippen LogP contribution is -2.65. The van der Waals surface area contributed by atoms with Crippen LogP contribution in [0.5, 0.6) is 0 Å². The van der Waals surface area contributed by atoms with Gasteiger partial charge in [-0.15, -0.1) is 0 Å². The van der Waals surface area contributed by atoms with Gasteiger partial charge >= 0.3 is 0 Å². The molecule has 5 aliphatic rings. The van der Waals surface area contributed by atoms with Crippen LogP contribution in [0.3, 0.4) is 0 Å². The monoisotopic (exact) mass is 460 g/mol. The maximum Gasteiger partial charge on any atom is 0.171 e. The van der Waals surface area contributed by atoms with Crippen LogP contribution in [0.15, 0.2) is 12.2 Å². The summed E-state index contributed by atoms with van der Waals surface area (Å²) < 4.78 is 25.6. The van der Waals surface area contributed by atoms with Gasteiger partial charge in [-0.3, -0.25) is 0 Å². The normalized spacial score (nSPS) is 51.0. The second-order valence-electron chi connectivity index (χ2n) is 13.1. The Kier molecular flexibility index (Phi) is 5.92. The molecule has 0 amide bonds. The average molecular weight is 461 g/mol. The summed E-state index contributed by atoms with van der Waals surface area (Å²) in [7, 11) is 3.75. The molecule has 10 atom stereocenters. The van der Waals surface area contributed by atoms with Crippen molar-refractivity contribution in [2.24, 2.45) is 46.3 Å². The highest BCUT2D eigenvalue weighted by Gasteiger charge is 2.69. The molecule has 7 unspecified atom stereocenters. The van der Waals surface area contributed by atoms with E-state index in [1.54, 1.807) is 0 Å². The van der Waals surface area contributed by atoms with Gasteiger partial charge in [-0.05, 0) is 99.7 Å². The molecule has 5 fully saturated rings. The standard InChI is InChI=1S/C29H48O4/c1-9-10-18(2)20-11-12-21-19-16-29(30-7,31-8)25-15-23-24(33-26(3,4)32-23)17-28(25,6)22(19)13-14-27(20,21)5/h9-10,18-25H,11-17H2,1-8H3/b10-9+/t18?,19?,20?,21?,22?,23-,24?,25?,27+,28+/m0/s1. The number of rotatable bonds is 4. The molecule has 1 saturated heterocycles. The molecule has 0 spiro atoms. The molecule has 4 aliphatic carbocycles. The van der Waals surface area contributed by atoms with Crippen molar-refractivity contribution in [3.05, 3.63) is 12.2 Å². The lowest BCUT2D eigenvalue weighted by Gasteiger charge is -2.65. The summed E-state index contributed by atoms with van der Waals surface area (Å²) in [6.07, 6.45) is 13.5. The van der Waals surface area contributed by atoms with Crippen molar-refractivity contribution in [1.29, 1.82) is 0 Å². The van der Waals surface area contributed by atoms with Gasteiger partial charge in [0.15, 0.2) is 11.6 Å². The van der Waals surface area contributed by atoms with Gasteiger partial charge in [-0.2, -0.15) is 0 Å². The highest BCUT2D eigenvalue weighted by molar-refractivity contribution is 5.15. The first-order valence-corrected chi connectivity index (χ1v) is 13.6. The van der Waals surface area contributed by atoms with Gasteiger partial charge in [0.1, 0.15) is 0 Å². The van der Waals surface area contributed by atoms with Crippen LogP contribution in [-0.2, 0) is 18.9 Å². The average Bonchev–Trinajstić information content (AvgIpc) is 3.26. The van der Waals surface area contributed by atoms with Crippen molar-refractivity contribution in [3.8, 4) is 0 Å². The third-order valence-electron chi connectivity index (χ3n) is 11.4. The highest BCUT2D eigenvalue weighted by atomic mass is 16.8. The zero-order valence-electron chi connectivity index (χ0n) is 22.4. The van der Waals surface area contributed by atoms with Crippen LogP contribution < -0.4 is 0 Å². The fourth-order valence-electron chi connectivity index (χ4n) is 10.2. The van der Waals surface area contributed by atoms with Crippen molar-refractivity contribution >= 4 is 0 Å². The minimum absolute atomic E-state index is 0.144. The van der Waals surface area contributed by atoms with Gasteiger partial charge in [0.2, 0.25) is 0 Å². The summed E-state index contributed by atoms with van der Waals surface area (Å²) in [5, 5.41) is 0. The summed E-state index contributed by atoms with van der Waals surface area (Å²) >= 11 is 0. The minimum Gasteiger partial charge on any atom is -0.353 e. The van der Waals surface area contributed by atoms with E-state index in [9.17, 15) is 0 Å². The van der Waals surface area contributed by atoms with E-state index in [1.807, 2.05) is 14.2 Å². The smallest absolute Gasteiger partial charge is 0.171 e. The van der Waals surface area contributed by atoms with Crippen LogP contribution in [0.1, 0.15) is 86.5 Å². The van der Waals surface area contributed by atoms with E-state index in [-0.39, 0.29) is 17.6 Å². The topological polar surface area (TPSA) is 36.9 Å². The number of methoxy groups -OCH3 is 2. The first-order valence-electron chi connectivity index (χ1n) is 13.6. The fourth-order valence-corrected chi connectivity index (χ4v) is 10.2. The molecule has 4 nitrogen and oxygen atoms in total. The Hall–Kier alpha value is -0.420. The molecule has 0 N–H and O–H groups in total. The molecule has 4 saturated carbocycles. The summed E-state index contributed by atoms with van der Waals surface area (Å²) in [6, 6.07) is 0. The summed E-state index contributed by atoms with van der Waals surface area (Å²) in [5.41, 5.74) is 0.566. The summed E-state index contributed by atoms with van der Waals surface area (Å²) in [6.45, 7) is 13.9. The molecule has 5 rings (SSSR count). The number of ether oxygens (including phenoxy) is 4. The summed E-state index contributed by atoms with van der Waals surface area (Å²) in [4.78, 5) is 0. The molecule has 0 aromatic heterocycles. The molecular formula is C29H48O4. The maximum atomic E-state index is 6.45. The predicted octanol–water partition coefficient (Wildman–Crippen LogP) is 6.59. The molecule has 0 radical (unpaired) electrons.